The molecule has 204 valence electrons. The number of carbonyl (C=O) groups excluding carboxylic acids is 2. The normalized spacial score (nSPS) is 15.9. The Morgan fingerprint density at radius 3 is 2.18 bits per heavy atom. The quantitative estimate of drug-likeness (QED) is 0.225. The highest BCUT2D eigenvalue weighted by Gasteiger charge is 2.29. The van der Waals surface area contributed by atoms with E-state index in [9.17, 15) is 18.0 Å². The van der Waals surface area contributed by atoms with Crippen LogP contribution in [0, 0.1) is 0 Å². The number of methoxy groups -OCH3 is 1. The van der Waals surface area contributed by atoms with E-state index >= 15 is 0 Å². The molecular formula is C28H30N4O5S2. The van der Waals surface area contributed by atoms with Gasteiger partial charge in [-0.3, -0.25) is 9.52 Å². The summed E-state index contributed by atoms with van der Waals surface area (Å²) in [6, 6.07) is 25.1. The van der Waals surface area contributed by atoms with Gasteiger partial charge in [0, 0.05) is 17.8 Å². The fourth-order valence-electron chi connectivity index (χ4n) is 4.16. The second-order valence-corrected chi connectivity index (χ2v) is 10.6. The van der Waals surface area contributed by atoms with Crippen molar-refractivity contribution in [3.05, 3.63) is 113 Å². The summed E-state index contributed by atoms with van der Waals surface area (Å²) in [7, 11) is -1.51. The van der Waals surface area contributed by atoms with Crippen molar-refractivity contribution in [3.63, 3.8) is 0 Å². The summed E-state index contributed by atoms with van der Waals surface area (Å²) in [6.07, 6.45) is 0.0309. The third kappa shape index (κ3) is 8.26. The smallest absolute Gasteiger partial charge is 0.407 e. The van der Waals surface area contributed by atoms with Gasteiger partial charge in [0.25, 0.3) is 0 Å². The molecule has 0 saturated carbocycles. The van der Waals surface area contributed by atoms with Crippen LogP contribution in [0.15, 0.2) is 96.0 Å². The number of carbonyl (C=O) groups is 2. The second-order valence-electron chi connectivity index (χ2n) is 8.85. The standard InChI is InChI=1S/C28H30N4O5S2/c1-37-28(34)31-24(17-19-8-4-2-5-9-19)26(33)29-23(16-20-12-14-22(15-13-20)32-39(35)36)25-18-38-27(30-25)21-10-6-3-7-11-21/h2-15,18,23-24,27,30,39H,16-17H2,1H3,(H,29,33)(H,31,34)(H,32,35,36)/t23-,24-,27?/m0/s1. The Kier molecular flexibility index (Phi) is 9.87. The lowest BCUT2D eigenvalue weighted by molar-refractivity contribution is -0.123. The van der Waals surface area contributed by atoms with Gasteiger partial charge in [-0.1, -0.05) is 72.8 Å². The number of alkyl carbamates (subject to hydrolysis) is 1. The molecular weight excluding hydrogens is 536 g/mol. The van der Waals surface area contributed by atoms with Crippen molar-refractivity contribution in [2.75, 3.05) is 11.8 Å². The van der Waals surface area contributed by atoms with Gasteiger partial charge in [0.2, 0.25) is 16.8 Å². The van der Waals surface area contributed by atoms with Crippen molar-refractivity contribution in [1.82, 2.24) is 16.0 Å². The van der Waals surface area contributed by atoms with Crippen molar-refractivity contribution in [2.24, 2.45) is 0 Å². The Bertz CT molecular complexity index is 1360. The highest BCUT2D eigenvalue weighted by Crippen LogP contribution is 2.35. The van der Waals surface area contributed by atoms with Crippen LogP contribution in [0.25, 0.3) is 0 Å². The van der Waals surface area contributed by atoms with Crippen LogP contribution >= 0.6 is 11.8 Å². The first-order chi connectivity index (χ1) is 18.9. The zero-order valence-electron chi connectivity index (χ0n) is 21.2. The molecule has 0 fully saturated rings. The lowest BCUT2D eigenvalue weighted by Crippen LogP contribution is -2.52. The van der Waals surface area contributed by atoms with Crippen molar-refractivity contribution in [1.29, 1.82) is 0 Å². The number of rotatable bonds is 11. The molecule has 3 aromatic rings. The Hall–Kier alpha value is -3.96. The molecule has 2 amide bonds. The van der Waals surface area contributed by atoms with Crippen LogP contribution in [-0.4, -0.2) is 39.6 Å². The average Bonchev–Trinajstić information content (AvgIpc) is 3.44. The predicted molar refractivity (Wildman–Crippen MR) is 153 cm³/mol. The van der Waals surface area contributed by atoms with Crippen molar-refractivity contribution >= 4 is 40.3 Å². The molecule has 1 unspecified atom stereocenters. The molecule has 3 aromatic carbocycles. The van der Waals surface area contributed by atoms with Crippen LogP contribution in [0.3, 0.4) is 0 Å². The lowest BCUT2D eigenvalue weighted by atomic mass is 10.0. The molecule has 0 aromatic heterocycles. The highest BCUT2D eigenvalue weighted by molar-refractivity contribution is 8.02. The van der Waals surface area contributed by atoms with Gasteiger partial charge in [-0.05, 0) is 40.7 Å². The molecule has 0 bridgehead atoms. The molecule has 3 atom stereocenters. The molecule has 0 saturated heterocycles. The van der Waals surface area contributed by atoms with E-state index < -0.39 is 29.1 Å². The van der Waals surface area contributed by atoms with E-state index in [4.69, 9.17) is 4.74 Å². The monoisotopic (exact) mass is 566 g/mol. The second kappa shape index (κ2) is 13.7. The molecule has 0 radical (unpaired) electrons. The van der Waals surface area contributed by atoms with Crippen molar-refractivity contribution < 1.29 is 22.7 Å². The van der Waals surface area contributed by atoms with Crippen LogP contribution in [-0.2, 0) is 33.3 Å². The first-order valence-corrected chi connectivity index (χ1v) is 14.4. The van der Waals surface area contributed by atoms with E-state index in [2.05, 4.69) is 20.7 Å². The van der Waals surface area contributed by atoms with Crippen molar-refractivity contribution in [3.8, 4) is 0 Å². The summed E-state index contributed by atoms with van der Waals surface area (Å²) in [6.45, 7) is 0. The van der Waals surface area contributed by atoms with E-state index in [0.29, 0.717) is 12.1 Å². The zero-order chi connectivity index (χ0) is 27.6. The molecule has 1 aliphatic rings. The molecule has 0 aliphatic carbocycles. The minimum absolute atomic E-state index is 0.00570. The van der Waals surface area contributed by atoms with Gasteiger partial charge in [0.05, 0.1) is 13.2 Å². The van der Waals surface area contributed by atoms with Crippen LogP contribution in [0.2, 0.25) is 0 Å². The Morgan fingerprint density at radius 1 is 0.897 bits per heavy atom. The number of thioether (sulfide) groups is 1. The van der Waals surface area contributed by atoms with Crippen molar-refractivity contribution in [2.45, 2.75) is 30.3 Å². The fraction of sp³-hybridized carbons (Fsp3) is 0.214. The molecule has 1 aliphatic heterocycles. The molecule has 0 spiro atoms. The number of hydrogen-bond donors (Lipinski definition) is 5. The van der Waals surface area contributed by atoms with Gasteiger partial charge in [-0.2, -0.15) is 0 Å². The van der Waals surface area contributed by atoms with Crippen LogP contribution < -0.4 is 20.7 Å². The number of nitrogens with one attached hydrogen (secondary N) is 4. The summed E-state index contributed by atoms with van der Waals surface area (Å²) in [4.78, 5) is 25.6. The maximum absolute atomic E-state index is 13.6. The molecule has 39 heavy (non-hydrogen) atoms. The Balaban J connectivity index is 1.55. The van der Waals surface area contributed by atoms with Gasteiger partial charge in [0.15, 0.2) is 0 Å². The Morgan fingerprint density at radius 2 is 1.54 bits per heavy atom. The third-order valence-electron chi connectivity index (χ3n) is 6.11. The molecule has 11 heteroatoms. The van der Waals surface area contributed by atoms with Gasteiger partial charge in [-0.25, -0.2) is 13.2 Å². The van der Waals surface area contributed by atoms with Gasteiger partial charge in [0.1, 0.15) is 11.4 Å². The summed E-state index contributed by atoms with van der Waals surface area (Å²) in [5.74, 6) is -0.355. The fourth-order valence-corrected chi connectivity index (χ4v) is 5.55. The first-order valence-electron chi connectivity index (χ1n) is 12.3. The van der Waals surface area contributed by atoms with Gasteiger partial charge >= 0.3 is 6.09 Å². The lowest BCUT2D eigenvalue weighted by Gasteiger charge is -2.25. The van der Waals surface area contributed by atoms with E-state index in [1.54, 1.807) is 23.9 Å². The maximum Gasteiger partial charge on any atom is 0.407 e. The predicted octanol–water partition coefficient (Wildman–Crippen LogP) is 3.50. The number of ether oxygens (including phenoxy) is 1. The maximum atomic E-state index is 13.6. The number of amides is 2. The van der Waals surface area contributed by atoms with E-state index in [1.807, 2.05) is 78.2 Å². The summed E-state index contributed by atoms with van der Waals surface area (Å²) >= 11 is 1.61. The molecule has 9 nitrogen and oxygen atoms in total. The number of hydrogen-bond acceptors (Lipinski definition) is 7. The minimum atomic E-state index is -2.76. The molecule has 1 heterocycles. The SMILES string of the molecule is COC(=O)N[C@@H](Cc1ccccc1)C(=O)N[C@@H](Cc1ccc(N[SH](=O)=O)cc1)C1=CSC(c2ccccc2)N1. The molecule has 4 N–H and O–H groups in total. The summed E-state index contributed by atoms with van der Waals surface area (Å²) in [5, 5.41) is 11.3. The number of anilines is 1. The highest BCUT2D eigenvalue weighted by atomic mass is 32.2. The van der Waals surface area contributed by atoms with Gasteiger partial charge in [-0.15, -0.1) is 11.8 Å². The largest absolute Gasteiger partial charge is 0.453 e. The Labute approximate surface area is 233 Å². The van der Waals surface area contributed by atoms with Crippen LogP contribution in [0.5, 0.6) is 0 Å². The van der Waals surface area contributed by atoms with E-state index in [1.165, 1.54) is 7.11 Å². The first kappa shape index (κ1) is 28.1. The van der Waals surface area contributed by atoms with Crippen LogP contribution in [0.4, 0.5) is 10.5 Å². The molecule has 4 rings (SSSR count). The number of thiol groups is 1. The average molecular weight is 567 g/mol. The number of benzene rings is 3. The van der Waals surface area contributed by atoms with Crippen LogP contribution in [0.1, 0.15) is 22.1 Å². The third-order valence-corrected chi connectivity index (χ3v) is 7.61. The minimum Gasteiger partial charge on any atom is -0.453 e. The zero-order valence-corrected chi connectivity index (χ0v) is 22.9. The van der Waals surface area contributed by atoms with E-state index in [0.717, 1.165) is 22.4 Å². The summed E-state index contributed by atoms with van der Waals surface area (Å²) < 4.78 is 29.1. The van der Waals surface area contributed by atoms with E-state index in [-0.39, 0.29) is 17.7 Å². The topological polar surface area (TPSA) is 126 Å². The van der Waals surface area contributed by atoms with Gasteiger partial charge < -0.3 is 20.7 Å². The summed E-state index contributed by atoms with van der Waals surface area (Å²) in [5.41, 5.74) is 4.18.